The third-order valence-corrected chi connectivity index (χ3v) is 6.20. The van der Waals surface area contributed by atoms with Gasteiger partial charge in [0.1, 0.15) is 5.82 Å². The molecule has 1 saturated heterocycles. The summed E-state index contributed by atoms with van der Waals surface area (Å²) in [6, 6.07) is 0. The van der Waals surface area contributed by atoms with Crippen LogP contribution in [-0.4, -0.2) is 70.7 Å². The first kappa shape index (κ1) is 18.2. The van der Waals surface area contributed by atoms with Gasteiger partial charge in [-0.05, 0) is 0 Å². The zero-order valence-corrected chi connectivity index (χ0v) is 14.2. The van der Waals surface area contributed by atoms with Gasteiger partial charge < -0.3 is 0 Å². The summed E-state index contributed by atoms with van der Waals surface area (Å²) in [6.07, 6.45) is 2.60. The molecule has 0 N–H and O–H groups in total. The number of halogens is 2. The van der Waals surface area contributed by atoms with Crippen LogP contribution < -0.4 is 0 Å². The number of nitrogens with zero attached hydrogens (tertiary/aromatic N) is 5. The molecule has 1 aromatic rings. The lowest BCUT2D eigenvalue weighted by atomic mass is 10.3. The van der Waals surface area contributed by atoms with Crippen molar-refractivity contribution in [1.29, 1.82) is 0 Å². The molecule has 0 spiro atoms. The van der Waals surface area contributed by atoms with Crippen LogP contribution in [0.2, 0.25) is 0 Å². The second-order valence-corrected chi connectivity index (χ2v) is 7.22. The standard InChI is InChI=1S/C13H23F2N5O2S/c1-3-18(4-2)23(21,22)19-9-7-17(8-10-19)11-12-16-5-6-20(12)13(14)15/h5-6,13H,3-4,7-11H2,1-2H3. The Balaban J connectivity index is 1.95. The molecular weight excluding hydrogens is 328 g/mol. The highest BCUT2D eigenvalue weighted by atomic mass is 32.2. The first-order chi connectivity index (χ1) is 10.9. The maximum Gasteiger partial charge on any atom is 0.319 e. The smallest absolute Gasteiger partial charge is 0.293 e. The SMILES string of the molecule is CCN(CC)S(=O)(=O)N1CCN(Cc2nccn2C(F)F)CC1. The van der Waals surface area contributed by atoms with Crippen molar-refractivity contribution >= 4 is 10.2 Å². The molecule has 1 fully saturated rings. The van der Waals surface area contributed by atoms with Gasteiger partial charge in [0.15, 0.2) is 0 Å². The van der Waals surface area contributed by atoms with E-state index >= 15 is 0 Å². The Bertz CT molecular complexity index is 595. The Morgan fingerprint density at radius 3 is 2.35 bits per heavy atom. The van der Waals surface area contributed by atoms with Crippen LogP contribution in [0.5, 0.6) is 0 Å². The maximum absolute atomic E-state index is 12.8. The quantitative estimate of drug-likeness (QED) is 0.735. The second kappa shape index (κ2) is 7.65. The monoisotopic (exact) mass is 351 g/mol. The molecule has 23 heavy (non-hydrogen) atoms. The van der Waals surface area contributed by atoms with Crippen molar-refractivity contribution in [2.45, 2.75) is 26.9 Å². The van der Waals surface area contributed by atoms with E-state index in [0.29, 0.717) is 45.1 Å². The van der Waals surface area contributed by atoms with E-state index in [0.717, 1.165) is 4.57 Å². The lowest BCUT2D eigenvalue weighted by molar-refractivity contribution is 0.0625. The largest absolute Gasteiger partial charge is 0.319 e. The lowest BCUT2D eigenvalue weighted by Crippen LogP contribution is -2.52. The van der Waals surface area contributed by atoms with Gasteiger partial charge in [0, 0.05) is 51.7 Å². The van der Waals surface area contributed by atoms with Gasteiger partial charge in [-0.2, -0.15) is 25.8 Å². The summed E-state index contributed by atoms with van der Waals surface area (Å²) in [6.45, 7) is 3.86. The Hall–Kier alpha value is -1.10. The molecule has 2 heterocycles. The van der Waals surface area contributed by atoms with E-state index in [1.807, 2.05) is 18.7 Å². The van der Waals surface area contributed by atoms with Gasteiger partial charge >= 0.3 is 6.55 Å². The summed E-state index contributed by atoms with van der Waals surface area (Å²) in [5.74, 6) is 0.292. The highest BCUT2D eigenvalue weighted by Gasteiger charge is 2.31. The average molecular weight is 351 g/mol. The van der Waals surface area contributed by atoms with Crippen molar-refractivity contribution in [3.63, 3.8) is 0 Å². The number of hydrogen-bond acceptors (Lipinski definition) is 4. The fourth-order valence-electron chi connectivity index (χ4n) is 2.68. The predicted octanol–water partition coefficient (Wildman–Crippen LogP) is 0.982. The first-order valence-electron chi connectivity index (χ1n) is 7.67. The normalized spacial score (nSPS) is 18.2. The fraction of sp³-hybridized carbons (Fsp3) is 0.769. The average Bonchev–Trinajstić information content (AvgIpc) is 2.97. The molecular formula is C13H23F2N5O2S. The first-order valence-corrected chi connectivity index (χ1v) is 9.07. The van der Waals surface area contributed by atoms with Crippen molar-refractivity contribution in [3.8, 4) is 0 Å². The second-order valence-electron chi connectivity index (χ2n) is 5.30. The molecule has 0 saturated carbocycles. The van der Waals surface area contributed by atoms with Crippen molar-refractivity contribution < 1.29 is 17.2 Å². The predicted molar refractivity (Wildman–Crippen MR) is 82.2 cm³/mol. The summed E-state index contributed by atoms with van der Waals surface area (Å²) in [4.78, 5) is 5.90. The highest BCUT2D eigenvalue weighted by Crippen LogP contribution is 2.16. The van der Waals surface area contributed by atoms with Crippen LogP contribution in [0.25, 0.3) is 0 Å². The number of hydrogen-bond donors (Lipinski definition) is 0. The van der Waals surface area contributed by atoms with Crippen molar-refractivity contribution in [3.05, 3.63) is 18.2 Å². The van der Waals surface area contributed by atoms with Gasteiger partial charge in [0.05, 0.1) is 6.54 Å². The molecule has 0 bridgehead atoms. The molecule has 1 aliphatic rings. The Kier molecular flexibility index (Phi) is 6.06. The molecule has 10 heteroatoms. The molecule has 0 aliphatic carbocycles. The molecule has 0 atom stereocenters. The molecule has 7 nitrogen and oxygen atoms in total. The van der Waals surface area contributed by atoms with Gasteiger partial charge in [-0.1, -0.05) is 13.8 Å². The third kappa shape index (κ3) is 4.06. The van der Waals surface area contributed by atoms with Gasteiger partial charge in [-0.3, -0.25) is 9.47 Å². The maximum atomic E-state index is 12.8. The van der Waals surface area contributed by atoms with Gasteiger partial charge in [-0.15, -0.1) is 0 Å². The minimum absolute atomic E-state index is 0.288. The minimum Gasteiger partial charge on any atom is -0.293 e. The van der Waals surface area contributed by atoms with Gasteiger partial charge in [-0.25, -0.2) is 4.98 Å². The van der Waals surface area contributed by atoms with Crippen molar-refractivity contribution in [2.24, 2.45) is 0 Å². The summed E-state index contributed by atoms with van der Waals surface area (Å²) < 4.78 is 54.2. The molecule has 2 rings (SSSR count). The van der Waals surface area contributed by atoms with E-state index in [4.69, 9.17) is 0 Å². The van der Waals surface area contributed by atoms with Crippen molar-refractivity contribution in [2.75, 3.05) is 39.3 Å². The molecule has 0 unspecified atom stereocenters. The molecule has 0 aromatic carbocycles. The number of piperazine rings is 1. The van der Waals surface area contributed by atoms with Crippen LogP contribution in [0.3, 0.4) is 0 Å². The molecule has 1 aromatic heterocycles. The Morgan fingerprint density at radius 2 is 1.83 bits per heavy atom. The van der Waals surface area contributed by atoms with Crippen molar-refractivity contribution in [1.82, 2.24) is 23.1 Å². The zero-order valence-electron chi connectivity index (χ0n) is 13.4. The Labute approximate surface area is 135 Å². The van der Waals surface area contributed by atoms with E-state index in [9.17, 15) is 17.2 Å². The molecule has 0 amide bonds. The number of aromatic nitrogens is 2. The van der Waals surface area contributed by atoms with E-state index in [-0.39, 0.29) is 6.54 Å². The van der Waals surface area contributed by atoms with Crippen LogP contribution in [0.15, 0.2) is 12.4 Å². The molecule has 0 radical (unpaired) electrons. The van der Waals surface area contributed by atoms with Crippen LogP contribution in [0.1, 0.15) is 26.2 Å². The summed E-state index contributed by atoms with van der Waals surface area (Å²) in [7, 11) is -3.43. The molecule has 1 aliphatic heterocycles. The number of rotatable bonds is 7. The summed E-state index contributed by atoms with van der Waals surface area (Å²) in [5, 5.41) is 0. The van der Waals surface area contributed by atoms with Crippen LogP contribution in [-0.2, 0) is 16.8 Å². The lowest BCUT2D eigenvalue weighted by Gasteiger charge is -2.36. The van der Waals surface area contributed by atoms with Gasteiger partial charge in [0.2, 0.25) is 0 Å². The van der Waals surface area contributed by atoms with Gasteiger partial charge in [0.25, 0.3) is 10.2 Å². The van der Waals surface area contributed by atoms with Crippen LogP contribution in [0, 0.1) is 0 Å². The van der Waals surface area contributed by atoms with E-state index in [1.165, 1.54) is 21.0 Å². The Morgan fingerprint density at radius 1 is 1.22 bits per heavy atom. The minimum atomic E-state index is -3.43. The highest BCUT2D eigenvalue weighted by molar-refractivity contribution is 7.86. The topological polar surface area (TPSA) is 61.7 Å². The number of imidazole rings is 1. The van der Waals surface area contributed by atoms with E-state index in [1.54, 1.807) is 0 Å². The fourth-order valence-corrected chi connectivity index (χ4v) is 4.28. The summed E-state index contributed by atoms with van der Waals surface area (Å²) >= 11 is 0. The van der Waals surface area contributed by atoms with Crippen LogP contribution in [0.4, 0.5) is 8.78 Å². The molecule has 132 valence electrons. The zero-order chi connectivity index (χ0) is 17.0. The summed E-state index contributed by atoms with van der Waals surface area (Å²) in [5.41, 5.74) is 0. The van der Waals surface area contributed by atoms with Crippen LogP contribution >= 0.6 is 0 Å². The van der Waals surface area contributed by atoms with E-state index in [2.05, 4.69) is 4.98 Å². The third-order valence-electron chi connectivity index (χ3n) is 4.01. The number of alkyl halides is 2. The van der Waals surface area contributed by atoms with E-state index < -0.39 is 16.8 Å².